The first kappa shape index (κ1) is 14.8. The van der Waals surface area contributed by atoms with Gasteiger partial charge < -0.3 is 10.1 Å². The first-order valence-electron chi connectivity index (χ1n) is 7.37. The highest BCUT2D eigenvalue weighted by molar-refractivity contribution is 6.30. The summed E-state index contributed by atoms with van der Waals surface area (Å²) in [6.07, 6.45) is 6.23. The summed E-state index contributed by atoms with van der Waals surface area (Å²) in [6.45, 7) is 4.16. The van der Waals surface area contributed by atoms with Crippen LogP contribution in [0, 0.1) is 0 Å². The second-order valence-electron chi connectivity index (χ2n) is 5.33. The van der Waals surface area contributed by atoms with Crippen LogP contribution < -0.4 is 5.32 Å². The van der Waals surface area contributed by atoms with Crippen LogP contribution in [0.15, 0.2) is 24.3 Å². The topological polar surface area (TPSA) is 21.3 Å². The molecule has 1 aliphatic rings. The van der Waals surface area contributed by atoms with Crippen LogP contribution in [0.25, 0.3) is 0 Å². The zero-order valence-corrected chi connectivity index (χ0v) is 12.5. The van der Waals surface area contributed by atoms with Crippen molar-refractivity contribution in [1.29, 1.82) is 0 Å². The van der Waals surface area contributed by atoms with Crippen LogP contribution in [0.3, 0.4) is 0 Å². The van der Waals surface area contributed by atoms with E-state index in [0.29, 0.717) is 12.1 Å². The summed E-state index contributed by atoms with van der Waals surface area (Å²) < 4.78 is 5.77. The maximum Gasteiger partial charge on any atom is 0.0589 e. The highest BCUT2D eigenvalue weighted by Crippen LogP contribution is 2.18. The Labute approximate surface area is 121 Å². The lowest BCUT2D eigenvalue weighted by Crippen LogP contribution is -2.39. The molecule has 106 valence electrons. The maximum absolute atomic E-state index is 5.88. The molecule has 1 aromatic carbocycles. The fraction of sp³-hybridized carbons (Fsp3) is 0.625. The van der Waals surface area contributed by atoms with Crippen molar-refractivity contribution in [2.75, 3.05) is 13.2 Å². The maximum atomic E-state index is 5.88. The first-order chi connectivity index (χ1) is 9.28. The smallest absolute Gasteiger partial charge is 0.0589 e. The lowest BCUT2D eigenvalue weighted by molar-refractivity contribution is -0.00300. The molecule has 2 rings (SSSR count). The number of rotatable bonds is 6. The first-order valence-corrected chi connectivity index (χ1v) is 7.75. The van der Waals surface area contributed by atoms with Gasteiger partial charge in [-0.2, -0.15) is 0 Å². The number of benzene rings is 1. The van der Waals surface area contributed by atoms with E-state index in [1.807, 2.05) is 12.1 Å². The van der Waals surface area contributed by atoms with Crippen molar-refractivity contribution in [3.05, 3.63) is 34.9 Å². The van der Waals surface area contributed by atoms with Crippen LogP contribution in [-0.4, -0.2) is 25.3 Å². The summed E-state index contributed by atoms with van der Waals surface area (Å²) >= 11 is 5.88. The molecule has 0 amide bonds. The van der Waals surface area contributed by atoms with Crippen molar-refractivity contribution in [1.82, 2.24) is 5.32 Å². The number of nitrogens with one attached hydrogen (secondary N) is 1. The molecule has 2 unspecified atom stereocenters. The largest absolute Gasteiger partial charge is 0.378 e. The van der Waals surface area contributed by atoms with Crippen LogP contribution in [0.5, 0.6) is 0 Å². The summed E-state index contributed by atoms with van der Waals surface area (Å²) in [6, 6.07) is 8.75. The predicted octanol–water partition coefficient (Wildman–Crippen LogP) is 3.82. The van der Waals surface area contributed by atoms with Gasteiger partial charge in [0.15, 0.2) is 0 Å². The third kappa shape index (κ3) is 5.13. The van der Waals surface area contributed by atoms with Crippen LogP contribution >= 0.6 is 11.6 Å². The minimum atomic E-state index is 0.465. The molecule has 0 bridgehead atoms. The summed E-state index contributed by atoms with van der Waals surface area (Å²) in [4.78, 5) is 0. The summed E-state index contributed by atoms with van der Waals surface area (Å²) in [5, 5.41) is 4.47. The average molecular weight is 282 g/mol. The van der Waals surface area contributed by atoms with Crippen LogP contribution in [-0.2, 0) is 11.2 Å². The molecule has 1 aromatic rings. The van der Waals surface area contributed by atoms with Gasteiger partial charge in [0.1, 0.15) is 0 Å². The van der Waals surface area contributed by atoms with Crippen molar-refractivity contribution in [3.63, 3.8) is 0 Å². The van der Waals surface area contributed by atoms with Gasteiger partial charge in [0.05, 0.1) is 6.10 Å². The Morgan fingerprint density at radius 1 is 1.32 bits per heavy atom. The second kappa shape index (κ2) is 7.88. The second-order valence-corrected chi connectivity index (χ2v) is 5.77. The van der Waals surface area contributed by atoms with E-state index in [9.17, 15) is 0 Å². The lowest BCUT2D eigenvalue weighted by Gasteiger charge is -2.30. The summed E-state index contributed by atoms with van der Waals surface area (Å²) in [5.41, 5.74) is 1.34. The van der Waals surface area contributed by atoms with Gasteiger partial charge in [-0.1, -0.05) is 37.1 Å². The van der Waals surface area contributed by atoms with Crippen molar-refractivity contribution < 1.29 is 4.74 Å². The number of hydrogen-bond donors (Lipinski definition) is 1. The van der Waals surface area contributed by atoms with Gasteiger partial charge in [0.2, 0.25) is 0 Å². The Morgan fingerprint density at radius 3 is 2.84 bits per heavy atom. The molecular weight excluding hydrogens is 258 g/mol. The summed E-state index contributed by atoms with van der Waals surface area (Å²) in [5.74, 6) is 0. The van der Waals surface area contributed by atoms with Crippen molar-refractivity contribution >= 4 is 11.6 Å². The highest BCUT2D eigenvalue weighted by atomic mass is 35.5. The number of hydrogen-bond acceptors (Lipinski definition) is 2. The zero-order chi connectivity index (χ0) is 13.5. The van der Waals surface area contributed by atoms with E-state index in [2.05, 4.69) is 24.4 Å². The van der Waals surface area contributed by atoms with Gasteiger partial charge in [0.25, 0.3) is 0 Å². The van der Waals surface area contributed by atoms with Crippen LogP contribution in [0.1, 0.15) is 38.2 Å². The Hall–Kier alpha value is -0.570. The van der Waals surface area contributed by atoms with Gasteiger partial charge in [-0.25, -0.2) is 0 Å². The molecule has 0 aliphatic carbocycles. The molecule has 1 heterocycles. The molecule has 3 heteroatoms. The van der Waals surface area contributed by atoms with Gasteiger partial charge in [-0.15, -0.1) is 0 Å². The fourth-order valence-corrected chi connectivity index (χ4v) is 2.79. The minimum Gasteiger partial charge on any atom is -0.378 e. The molecule has 19 heavy (non-hydrogen) atoms. The standard InChI is InChI=1S/C16H24ClNO/c1-2-3-16-12-15(9-11-19-16)18-10-8-13-4-6-14(17)7-5-13/h4-7,15-16,18H,2-3,8-12H2,1H3. The molecule has 0 radical (unpaired) electrons. The quantitative estimate of drug-likeness (QED) is 0.856. The lowest BCUT2D eigenvalue weighted by atomic mass is 10.00. The zero-order valence-electron chi connectivity index (χ0n) is 11.7. The van der Waals surface area contributed by atoms with E-state index in [4.69, 9.17) is 16.3 Å². The Kier molecular flexibility index (Phi) is 6.15. The molecule has 1 saturated heterocycles. The monoisotopic (exact) mass is 281 g/mol. The molecule has 1 fully saturated rings. The molecule has 2 atom stereocenters. The van der Waals surface area contributed by atoms with Gasteiger partial charge >= 0.3 is 0 Å². The average Bonchev–Trinajstić information content (AvgIpc) is 2.42. The molecule has 1 N–H and O–H groups in total. The van der Waals surface area contributed by atoms with Crippen molar-refractivity contribution in [2.24, 2.45) is 0 Å². The van der Waals surface area contributed by atoms with E-state index >= 15 is 0 Å². The summed E-state index contributed by atoms with van der Waals surface area (Å²) in [7, 11) is 0. The predicted molar refractivity (Wildman–Crippen MR) is 80.8 cm³/mol. The third-order valence-corrected chi connectivity index (χ3v) is 3.99. The van der Waals surface area contributed by atoms with Crippen molar-refractivity contribution in [3.8, 4) is 0 Å². The van der Waals surface area contributed by atoms with Gasteiger partial charge in [-0.3, -0.25) is 0 Å². The molecular formula is C16H24ClNO. The molecule has 1 aliphatic heterocycles. The highest BCUT2D eigenvalue weighted by Gasteiger charge is 2.21. The van der Waals surface area contributed by atoms with Crippen LogP contribution in [0.4, 0.5) is 0 Å². The van der Waals surface area contributed by atoms with E-state index < -0.39 is 0 Å². The van der Waals surface area contributed by atoms with Crippen LogP contribution in [0.2, 0.25) is 5.02 Å². The number of ether oxygens (including phenoxy) is 1. The normalized spacial score (nSPS) is 23.5. The van der Waals surface area contributed by atoms with E-state index in [1.54, 1.807) is 0 Å². The Bertz CT molecular complexity index is 364. The fourth-order valence-electron chi connectivity index (χ4n) is 2.66. The SMILES string of the molecule is CCCC1CC(NCCc2ccc(Cl)cc2)CCO1. The van der Waals surface area contributed by atoms with E-state index in [0.717, 1.165) is 37.4 Å². The Balaban J connectivity index is 1.69. The van der Waals surface area contributed by atoms with Gasteiger partial charge in [0, 0.05) is 17.7 Å². The third-order valence-electron chi connectivity index (χ3n) is 3.74. The molecule has 0 aromatic heterocycles. The molecule has 0 spiro atoms. The van der Waals surface area contributed by atoms with E-state index in [-0.39, 0.29) is 0 Å². The molecule has 2 nitrogen and oxygen atoms in total. The number of halogens is 1. The van der Waals surface area contributed by atoms with Gasteiger partial charge in [-0.05, 0) is 49.9 Å². The minimum absolute atomic E-state index is 0.465. The van der Waals surface area contributed by atoms with Crippen molar-refractivity contribution in [2.45, 2.75) is 51.2 Å². The molecule has 0 saturated carbocycles. The Morgan fingerprint density at radius 2 is 2.11 bits per heavy atom. The van der Waals surface area contributed by atoms with E-state index in [1.165, 1.54) is 18.4 Å².